The van der Waals surface area contributed by atoms with E-state index in [1.54, 1.807) is 12.1 Å². The third-order valence-electron chi connectivity index (χ3n) is 3.43. The summed E-state index contributed by atoms with van der Waals surface area (Å²) < 4.78 is 13.6. The standard InChI is InChI=1S/C12H14FNS/c13-11-3-1-2-4-12(11)14-5-9-7-15-8-10(9)6-14/h1-4,9-10H,5-8H2. The zero-order valence-corrected chi connectivity index (χ0v) is 9.34. The van der Waals surface area contributed by atoms with Crippen LogP contribution in [0, 0.1) is 17.7 Å². The Balaban J connectivity index is 1.82. The molecule has 0 saturated carbocycles. The molecule has 2 aliphatic heterocycles. The zero-order chi connectivity index (χ0) is 10.3. The minimum atomic E-state index is -0.0786. The number of hydrogen-bond acceptors (Lipinski definition) is 2. The van der Waals surface area contributed by atoms with Crippen LogP contribution in [0.4, 0.5) is 10.1 Å². The number of nitrogens with zero attached hydrogens (tertiary/aromatic N) is 1. The first-order valence-corrected chi connectivity index (χ1v) is 6.57. The predicted molar refractivity (Wildman–Crippen MR) is 62.9 cm³/mol. The molecule has 2 unspecified atom stereocenters. The van der Waals surface area contributed by atoms with E-state index in [9.17, 15) is 4.39 Å². The van der Waals surface area contributed by atoms with Crippen molar-refractivity contribution in [2.45, 2.75) is 0 Å². The second-order valence-electron chi connectivity index (χ2n) is 4.41. The summed E-state index contributed by atoms with van der Waals surface area (Å²) in [5.41, 5.74) is 0.789. The highest BCUT2D eigenvalue weighted by atomic mass is 32.2. The van der Waals surface area contributed by atoms with Gasteiger partial charge in [-0.05, 0) is 35.5 Å². The van der Waals surface area contributed by atoms with Crippen molar-refractivity contribution >= 4 is 17.4 Å². The number of thioether (sulfide) groups is 1. The van der Waals surface area contributed by atoms with Gasteiger partial charge in [0.2, 0.25) is 0 Å². The molecule has 0 bridgehead atoms. The van der Waals surface area contributed by atoms with E-state index in [1.165, 1.54) is 11.5 Å². The molecule has 3 rings (SSSR count). The first-order chi connectivity index (χ1) is 7.34. The zero-order valence-electron chi connectivity index (χ0n) is 8.53. The van der Waals surface area contributed by atoms with Gasteiger partial charge in [0.05, 0.1) is 5.69 Å². The molecule has 2 aliphatic rings. The average Bonchev–Trinajstić information content (AvgIpc) is 2.77. The van der Waals surface area contributed by atoms with Crippen LogP contribution in [0.5, 0.6) is 0 Å². The van der Waals surface area contributed by atoms with Crippen LogP contribution in [0.3, 0.4) is 0 Å². The van der Waals surface area contributed by atoms with Crippen molar-refractivity contribution in [1.29, 1.82) is 0 Å². The lowest BCUT2D eigenvalue weighted by Crippen LogP contribution is -2.22. The Morgan fingerprint density at radius 1 is 1.13 bits per heavy atom. The van der Waals surface area contributed by atoms with Crippen molar-refractivity contribution in [3.63, 3.8) is 0 Å². The van der Waals surface area contributed by atoms with Crippen LogP contribution >= 0.6 is 11.8 Å². The number of rotatable bonds is 1. The molecule has 0 amide bonds. The van der Waals surface area contributed by atoms with Gasteiger partial charge in [0.25, 0.3) is 0 Å². The topological polar surface area (TPSA) is 3.24 Å². The van der Waals surface area contributed by atoms with Crippen molar-refractivity contribution in [2.24, 2.45) is 11.8 Å². The molecular formula is C12H14FNS. The van der Waals surface area contributed by atoms with Crippen LogP contribution in [-0.4, -0.2) is 24.6 Å². The third-order valence-corrected chi connectivity index (χ3v) is 4.76. The Kier molecular flexibility index (Phi) is 2.35. The molecule has 2 saturated heterocycles. The summed E-state index contributed by atoms with van der Waals surface area (Å²) >= 11 is 2.05. The number of hydrogen-bond donors (Lipinski definition) is 0. The molecule has 1 nitrogen and oxygen atoms in total. The molecule has 3 heteroatoms. The van der Waals surface area contributed by atoms with E-state index in [2.05, 4.69) is 4.90 Å². The van der Waals surface area contributed by atoms with Gasteiger partial charge in [-0.1, -0.05) is 12.1 Å². The lowest BCUT2D eigenvalue weighted by Gasteiger charge is -2.19. The van der Waals surface area contributed by atoms with E-state index in [0.29, 0.717) is 0 Å². The van der Waals surface area contributed by atoms with Crippen LogP contribution in [0.1, 0.15) is 0 Å². The summed E-state index contributed by atoms with van der Waals surface area (Å²) in [6, 6.07) is 7.12. The van der Waals surface area contributed by atoms with Gasteiger partial charge >= 0.3 is 0 Å². The number of fused-ring (bicyclic) bond motifs is 1. The Bertz CT molecular complexity index is 356. The molecular weight excluding hydrogens is 209 g/mol. The Hall–Kier alpha value is -0.700. The number of halogens is 1. The molecule has 2 fully saturated rings. The van der Waals surface area contributed by atoms with Crippen LogP contribution in [-0.2, 0) is 0 Å². The summed E-state index contributed by atoms with van der Waals surface area (Å²) in [5, 5.41) is 0. The van der Waals surface area contributed by atoms with Gasteiger partial charge in [-0.25, -0.2) is 4.39 Å². The smallest absolute Gasteiger partial charge is 0.146 e. The van der Waals surface area contributed by atoms with Gasteiger partial charge in [-0.2, -0.15) is 11.8 Å². The molecule has 2 heterocycles. The highest BCUT2D eigenvalue weighted by Crippen LogP contribution is 2.38. The average molecular weight is 223 g/mol. The van der Waals surface area contributed by atoms with E-state index in [4.69, 9.17) is 0 Å². The van der Waals surface area contributed by atoms with Crippen LogP contribution < -0.4 is 4.90 Å². The van der Waals surface area contributed by atoms with Gasteiger partial charge in [0.15, 0.2) is 0 Å². The van der Waals surface area contributed by atoms with Gasteiger partial charge in [0.1, 0.15) is 5.82 Å². The summed E-state index contributed by atoms with van der Waals surface area (Å²) in [6.45, 7) is 2.08. The fourth-order valence-electron chi connectivity index (χ4n) is 2.59. The first kappa shape index (κ1) is 9.52. The van der Waals surface area contributed by atoms with E-state index >= 15 is 0 Å². The van der Waals surface area contributed by atoms with Crippen molar-refractivity contribution in [3.8, 4) is 0 Å². The molecule has 80 valence electrons. The minimum absolute atomic E-state index is 0.0786. The van der Waals surface area contributed by atoms with Crippen molar-refractivity contribution in [1.82, 2.24) is 0 Å². The highest BCUT2D eigenvalue weighted by Gasteiger charge is 2.37. The lowest BCUT2D eigenvalue weighted by atomic mass is 10.0. The molecule has 1 aromatic carbocycles. The highest BCUT2D eigenvalue weighted by molar-refractivity contribution is 7.99. The maximum absolute atomic E-state index is 13.6. The SMILES string of the molecule is Fc1ccccc1N1CC2CSCC2C1. The largest absolute Gasteiger partial charge is 0.369 e. The van der Waals surface area contributed by atoms with Gasteiger partial charge in [-0.15, -0.1) is 0 Å². The summed E-state index contributed by atoms with van der Waals surface area (Å²) in [7, 11) is 0. The third kappa shape index (κ3) is 1.63. The minimum Gasteiger partial charge on any atom is -0.369 e. The second kappa shape index (κ2) is 3.71. The van der Waals surface area contributed by atoms with Crippen molar-refractivity contribution in [2.75, 3.05) is 29.5 Å². The molecule has 15 heavy (non-hydrogen) atoms. The summed E-state index contributed by atoms with van der Waals surface area (Å²) in [6.07, 6.45) is 0. The quantitative estimate of drug-likeness (QED) is 0.720. The Morgan fingerprint density at radius 3 is 2.47 bits per heavy atom. The van der Waals surface area contributed by atoms with Gasteiger partial charge < -0.3 is 4.90 Å². The number of anilines is 1. The molecule has 0 N–H and O–H groups in total. The van der Waals surface area contributed by atoms with Gasteiger partial charge in [0, 0.05) is 13.1 Å². The molecule has 0 aliphatic carbocycles. The normalized spacial score (nSPS) is 29.5. The van der Waals surface area contributed by atoms with Crippen molar-refractivity contribution in [3.05, 3.63) is 30.1 Å². The molecule has 0 spiro atoms. The molecule has 1 aromatic rings. The van der Waals surface area contributed by atoms with E-state index < -0.39 is 0 Å². The monoisotopic (exact) mass is 223 g/mol. The lowest BCUT2D eigenvalue weighted by molar-refractivity contribution is 0.533. The molecule has 0 aromatic heterocycles. The number of para-hydroxylation sites is 1. The number of benzene rings is 1. The maximum atomic E-state index is 13.6. The van der Waals surface area contributed by atoms with Crippen LogP contribution in [0.25, 0.3) is 0 Å². The van der Waals surface area contributed by atoms with Crippen LogP contribution in [0.2, 0.25) is 0 Å². The molecule has 2 atom stereocenters. The Labute approximate surface area is 93.7 Å². The fourth-order valence-corrected chi connectivity index (χ4v) is 4.09. The van der Waals surface area contributed by atoms with E-state index in [-0.39, 0.29) is 5.82 Å². The molecule has 0 radical (unpaired) electrons. The Morgan fingerprint density at radius 2 is 1.80 bits per heavy atom. The van der Waals surface area contributed by atoms with Crippen LogP contribution in [0.15, 0.2) is 24.3 Å². The first-order valence-electron chi connectivity index (χ1n) is 5.42. The second-order valence-corrected chi connectivity index (χ2v) is 5.49. The van der Waals surface area contributed by atoms with E-state index in [1.807, 2.05) is 23.9 Å². The summed E-state index contributed by atoms with van der Waals surface area (Å²) in [4.78, 5) is 2.21. The summed E-state index contributed by atoms with van der Waals surface area (Å²) in [5.74, 6) is 4.01. The fraction of sp³-hybridized carbons (Fsp3) is 0.500. The maximum Gasteiger partial charge on any atom is 0.146 e. The van der Waals surface area contributed by atoms with Gasteiger partial charge in [-0.3, -0.25) is 0 Å². The van der Waals surface area contributed by atoms with Crippen molar-refractivity contribution < 1.29 is 4.39 Å². The predicted octanol–water partition coefficient (Wildman–Crippen LogP) is 2.62. The van der Waals surface area contributed by atoms with E-state index in [0.717, 1.165) is 30.6 Å².